The Morgan fingerprint density at radius 3 is 2.80 bits per heavy atom. The normalized spacial score (nSPS) is 11.2. The van der Waals surface area contributed by atoms with Gasteiger partial charge >= 0.3 is 0 Å². The van der Waals surface area contributed by atoms with Crippen LogP contribution in [0.15, 0.2) is 30.5 Å². The number of rotatable bonds is 6. The van der Waals surface area contributed by atoms with Crippen LogP contribution in [-0.4, -0.2) is 17.0 Å². The van der Waals surface area contributed by atoms with Gasteiger partial charge in [-0.1, -0.05) is 32.0 Å². The van der Waals surface area contributed by atoms with Crippen LogP contribution in [0, 0.1) is 5.92 Å². The van der Waals surface area contributed by atoms with E-state index in [2.05, 4.69) is 61.2 Å². The van der Waals surface area contributed by atoms with Crippen molar-refractivity contribution in [3.8, 4) is 0 Å². The van der Waals surface area contributed by atoms with Gasteiger partial charge < -0.3 is 9.88 Å². The number of nitrogens with one attached hydrogen (secondary N) is 1. The zero-order valence-electron chi connectivity index (χ0n) is 12.6. The van der Waals surface area contributed by atoms with Crippen LogP contribution >= 0.6 is 0 Å². The lowest BCUT2D eigenvalue weighted by Crippen LogP contribution is -2.27. The molecule has 1 heterocycles. The highest BCUT2D eigenvalue weighted by atomic mass is 16.1. The van der Waals surface area contributed by atoms with Gasteiger partial charge in [-0.15, -0.1) is 0 Å². The topological polar surface area (TPSA) is 34.0 Å². The Bertz CT molecular complexity index is 584. The van der Waals surface area contributed by atoms with E-state index < -0.39 is 0 Å². The Kier molecular flexibility index (Phi) is 4.83. The maximum atomic E-state index is 11.7. The van der Waals surface area contributed by atoms with Crippen LogP contribution in [0.1, 0.15) is 32.3 Å². The number of para-hydroxylation sites is 1. The van der Waals surface area contributed by atoms with Gasteiger partial charge in [0.2, 0.25) is 5.91 Å². The van der Waals surface area contributed by atoms with Crippen LogP contribution < -0.4 is 5.32 Å². The van der Waals surface area contributed by atoms with Crippen molar-refractivity contribution in [2.24, 2.45) is 13.0 Å². The maximum absolute atomic E-state index is 11.7. The third-order valence-corrected chi connectivity index (χ3v) is 3.54. The van der Waals surface area contributed by atoms with Gasteiger partial charge in [-0.3, -0.25) is 4.79 Å². The van der Waals surface area contributed by atoms with E-state index in [1.807, 2.05) is 0 Å². The van der Waals surface area contributed by atoms with Crippen LogP contribution in [0.4, 0.5) is 0 Å². The average molecular weight is 272 g/mol. The van der Waals surface area contributed by atoms with Gasteiger partial charge in [0.05, 0.1) is 0 Å². The second-order valence-corrected chi connectivity index (χ2v) is 5.83. The minimum Gasteiger partial charge on any atom is -0.356 e. The van der Waals surface area contributed by atoms with Gasteiger partial charge in [0.1, 0.15) is 0 Å². The third kappa shape index (κ3) is 3.62. The van der Waals surface area contributed by atoms with E-state index in [0.29, 0.717) is 12.3 Å². The molecule has 108 valence electrons. The molecule has 0 saturated heterocycles. The highest BCUT2D eigenvalue weighted by Gasteiger charge is 2.07. The van der Waals surface area contributed by atoms with Crippen molar-refractivity contribution in [2.75, 3.05) is 6.54 Å². The summed E-state index contributed by atoms with van der Waals surface area (Å²) in [7, 11) is 2.07. The van der Waals surface area contributed by atoms with Crippen molar-refractivity contribution in [1.29, 1.82) is 0 Å². The van der Waals surface area contributed by atoms with E-state index in [1.165, 1.54) is 16.5 Å². The second kappa shape index (κ2) is 6.60. The molecule has 0 aliphatic rings. The van der Waals surface area contributed by atoms with Gasteiger partial charge in [0.15, 0.2) is 0 Å². The number of carbonyl (C=O) groups is 1. The van der Waals surface area contributed by atoms with Crippen LogP contribution in [0.5, 0.6) is 0 Å². The average Bonchev–Trinajstić information content (AvgIpc) is 2.74. The molecule has 1 aromatic heterocycles. The first kappa shape index (κ1) is 14.6. The smallest absolute Gasteiger partial charge is 0.220 e. The van der Waals surface area contributed by atoms with E-state index in [4.69, 9.17) is 0 Å². The predicted octanol–water partition coefficient (Wildman–Crippen LogP) is 3.27. The number of hydrogen-bond donors (Lipinski definition) is 1. The lowest BCUT2D eigenvalue weighted by atomic mass is 10.1. The van der Waals surface area contributed by atoms with E-state index in [1.54, 1.807) is 0 Å². The Hall–Kier alpha value is -1.77. The van der Waals surface area contributed by atoms with Crippen molar-refractivity contribution in [3.63, 3.8) is 0 Å². The molecule has 0 spiro atoms. The number of nitrogens with zero attached hydrogens (tertiary/aromatic N) is 1. The molecule has 0 atom stereocenters. The largest absolute Gasteiger partial charge is 0.356 e. The highest BCUT2D eigenvalue weighted by Crippen LogP contribution is 2.21. The summed E-state index contributed by atoms with van der Waals surface area (Å²) in [6.45, 7) is 4.99. The zero-order chi connectivity index (χ0) is 14.5. The maximum Gasteiger partial charge on any atom is 0.220 e. The Labute approximate surface area is 121 Å². The van der Waals surface area contributed by atoms with Crippen molar-refractivity contribution in [3.05, 3.63) is 36.0 Å². The molecule has 0 aliphatic heterocycles. The molecule has 3 heteroatoms. The molecule has 2 rings (SSSR count). The van der Waals surface area contributed by atoms with Crippen LogP contribution in [-0.2, 0) is 18.3 Å². The molecule has 1 aromatic carbocycles. The molecule has 0 unspecified atom stereocenters. The summed E-state index contributed by atoms with van der Waals surface area (Å²) in [6.07, 6.45) is 4.64. The fourth-order valence-corrected chi connectivity index (χ4v) is 2.47. The van der Waals surface area contributed by atoms with Crippen molar-refractivity contribution in [1.82, 2.24) is 9.88 Å². The van der Waals surface area contributed by atoms with Gasteiger partial charge in [0.25, 0.3) is 0 Å². The van der Waals surface area contributed by atoms with E-state index in [9.17, 15) is 4.79 Å². The molecule has 0 fully saturated rings. The first-order chi connectivity index (χ1) is 9.58. The van der Waals surface area contributed by atoms with Gasteiger partial charge in [-0.2, -0.15) is 0 Å². The molecule has 2 aromatic rings. The van der Waals surface area contributed by atoms with Crippen LogP contribution in [0.2, 0.25) is 0 Å². The molecular formula is C17H24N2O. The molecule has 20 heavy (non-hydrogen) atoms. The fraction of sp³-hybridized carbons (Fsp3) is 0.471. The van der Waals surface area contributed by atoms with E-state index >= 15 is 0 Å². The summed E-state index contributed by atoms with van der Waals surface area (Å²) in [4.78, 5) is 11.7. The van der Waals surface area contributed by atoms with E-state index in [0.717, 1.165) is 19.4 Å². The highest BCUT2D eigenvalue weighted by molar-refractivity contribution is 5.84. The van der Waals surface area contributed by atoms with Crippen molar-refractivity contribution >= 4 is 16.8 Å². The molecule has 1 N–H and O–H groups in total. The standard InChI is InChI=1S/C17H24N2O/c1-13(2)11-18-17(20)10-6-7-14-12-19(3)16-9-5-4-8-15(14)16/h4-5,8-9,12-13H,6-7,10-11H2,1-3H3,(H,18,20). The monoisotopic (exact) mass is 272 g/mol. The number of carbonyl (C=O) groups excluding carboxylic acids is 1. The number of aromatic nitrogens is 1. The summed E-state index contributed by atoms with van der Waals surface area (Å²) in [5.74, 6) is 0.677. The summed E-state index contributed by atoms with van der Waals surface area (Å²) in [5.41, 5.74) is 2.59. The Morgan fingerprint density at radius 1 is 1.30 bits per heavy atom. The molecule has 0 bridgehead atoms. The summed E-state index contributed by atoms with van der Waals surface area (Å²) in [6, 6.07) is 8.42. The first-order valence-corrected chi connectivity index (χ1v) is 7.37. The summed E-state index contributed by atoms with van der Waals surface area (Å²) < 4.78 is 2.16. The lowest BCUT2D eigenvalue weighted by molar-refractivity contribution is -0.121. The summed E-state index contributed by atoms with van der Waals surface area (Å²) in [5, 5.41) is 4.27. The predicted molar refractivity (Wildman–Crippen MR) is 83.7 cm³/mol. The molecule has 3 nitrogen and oxygen atoms in total. The number of aryl methyl sites for hydroxylation is 2. The SMILES string of the molecule is CC(C)CNC(=O)CCCc1cn(C)c2ccccc12. The molecule has 1 amide bonds. The molecule has 0 saturated carbocycles. The molecule has 0 radical (unpaired) electrons. The molecular weight excluding hydrogens is 248 g/mol. The second-order valence-electron chi connectivity index (χ2n) is 5.83. The van der Waals surface area contributed by atoms with Gasteiger partial charge in [0, 0.05) is 37.1 Å². The van der Waals surface area contributed by atoms with Crippen LogP contribution in [0.3, 0.4) is 0 Å². The number of hydrogen-bond acceptors (Lipinski definition) is 1. The van der Waals surface area contributed by atoms with Crippen LogP contribution in [0.25, 0.3) is 10.9 Å². The lowest BCUT2D eigenvalue weighted by Gasteiger charge is -2.07. The van der Waals surface area contributed by atoms with Crippen molar-refractivity contribution in [2.45, 2.75) is 33.1 Å². The molecule has 0 aliphatic carbocycles. The first-order valence-electron chi connectivity index (χ1n) is 7.37. The van der Waals surface area contributed by atoms with Gasteiger partial charge in [-0.25, -0.2) is 0 Å². The Balaban J connectivity index is 1.89. The third-order valence-electron chi connectivity index (χ3n) is 3.54. The van der Waals surface area contributed by atoms with E-state index in [-0.39, 0.29) is 5.91 Å². The van der Waals surface area contributed by atoms with Crippen molar-refractivity contribution < 1.29 is 4.79 Å². The minimum absolute atomic E-state index is 0.166. The Morgan fingerprint density at radius 2 is 2.05 bits per heavy atom. The fourth-order valence-electron chi connectivity index (χ4n) is 2.47. The number of amides is 1. The number of benzene rings is 1. The minimum atomic E-state index is 0.166. The number of fused-ring (bicyclic) bond motifs is 1. The zero-order valence-corrected chi connectivity index (χ0v) is 12.6. The quantitative estimate of drug-likeness (QED) is 0.860. The van der Waals surface area contributed by atoms with Gasteiger partial charge in [-0.05, 0) is 30.4 Å². The summed E-state index contributed by atoms with van der Waals surface area (Å²) >= 11 is 0.